The van der Waals surface area contributed by atoms with Gasteiger partial charge in [-0.25, -0.2) is 14.4 Å². The molecule has 2 unspecified atom stereocenters. The Morgan fingerprint density at radius 2 is 0.880 bits per heavy atom. The van der Waals surface area contributed by atoms with Crippen molar-refractivity contribution in [1.29, 1.82) is 0 Å². The van der Waals surface area contributed by atoms with Gasteiger partial charge in [-0.3, -0.25) is 0 Å². The number of carbonyl (C=O) groups excluding carboxylic acids is 1. The molecule has 3 atom stereocenters. The van der Waals surface area contributed by atoms with Gasteiger partial charge in [-0.05, 0) is 99.6 Å². The van der Waals surface area contributed by atoms with Crippen molar-refractivity contribution < 1.29 is 48.3 Å². The Morgan fingerprint density at radius 3 is 1.22 bits per heavy atom. The highest BCUT2D eigenvalue weighted by Crippen LogP contribution is 2.33. The molecule has 0 saturated heterocycles. The van der Waals surface area contributed by atoms with Gasteiger partial charge in [0.15, 0.2) is 18.3 Å². The molecule has 0 bridgehead atoms. The number of carboxylic acid groups (broad SMARTS) is 2. The monoisotopic (exact) mass is 808 g/mol. The molecule has 0 aliphatic rings. The molecule has 0 heterocycles. The minimum absolute atomic E-state index is 0.297. The number of carboxylic acids is 2. The van der Waals surface area contributed by atoms with E-state index in [9.17, 15) is 14.4 Å². The summed E-state index contributed by atoms with van der Waals surface area (Å²) in [5.74, 6) is -0.283. The Labute approximate surface area is 318 Å². The van der Waals surface area contributed by atoms with Crippen LogP contribution in [-0.4, -0.2) is 53.5 Å². The molecule has 0 fully saturated rings. The zero-order valence-electron chi connectivity index (χ0n) is 26.7. The average molecular weight is 811 g/mol. The maximum absolute atomic E-state index is 11.3. The van der Waals surface area contributed by atoms with E-state index < -0.39 is 36.2 Å². The normalized spacial score (nSPS) is 12.0. The van der Waals surface area contributed by atoms with Crippen LogP contribution in [-0.2, 0) is 19.1 Å². The smallest absolute Gasteiger partial charge is 0.346 e. The van der Waals surface area contributed by atoms with Crippen molar-refractivity contribution in [3.63, 3.8) is 0 Å². The van der Waals surface area contributed by atoms with E-state index in [4.69, 9.17) is 98.8 Å². The molecule has 4 rings (SSSR count). The van der Waals surface area contributed by atoms with Crippen LogP contribution in [0, 0.1) is 0 Å². The second kappa shape index (κ2) is 20.8. The van der Waals surface area contributed by atoms with Crippen LogP contribution in [0.1, 0.15) is 20.8 Å². The average Bonchev–Trinajstić information content (AvgIpc) is 3.05. The number of halogens is 6. The topological polar surface area (TPSA) is 138 Å². The summed E-state index contributed by atoms with van der Waals surface area (Å²) in [6.45, 7) is 4.46. The van der Waals surface area contributed by atoms with Gasteiger partial charge in [-0.15, -0.1) is 0 Å². The number of aliphatic carboxylic acids is 2. The van der Waals surface area contributed by atoms with Gasteiger partial charge in [0.25, 0.3) is 0 Å². The van der Waals surface area contributed by atoms with Gasteiger partial charge in [0.1, 0.15) is 28.7 Å². The molecular weight excluding hydrogens is 781 g/mol. The van der Waals surface area contributed by atoms with Gasteiger partial charge in [0.05, 0.1) is 22.2 Å². The summed E-state index contributed by atoms with van der Waals surface area (Å²) >= 11 is 34.7. The molecule has 0 spiro atoms. The molecule has 0 amide bonds. The van der Waals surface area contributed by atoms with E-state index in [-0.39, 0.29) is 0 Å². The van der Waals surface area contributed by atoms with Crippen molar-refractivity contribution in [2.45, 2.75) is 39.1 Å². The molecule has 0 aliphatic heterocycles. The molecule has 16 heteroatoms. The number of rotatable bonds is 11. The molecule has 4 aromatic carbocycles. The summed E-state index contributed by atoms with van der Waals surface area (Å²) in [4.78, 5) is 32.3. The van der Waals surface area contributed by atoms with Crippen LogP contribution in [0.15, 0.2) is 78.9 Å². The van der Waals surface area contributed by atoms with Gasteiger partial charge in [-0.2, -0.15) is 0 Å². The lowest BCUT2D eigenvalue weighted by Crippen LogP contribution is -2.24. The molecule has 0 aliphatic carbocycles. The highest BCUT2D eigenvalue weighted by Gasteiger charge is 2.16. The van der Waals surface area contributed by atoms with Gasteiger partial charge in [-0.1, -0.05) is 69.6 Å². The van der Waals surface area contributed by atoms with E-state index in [1.54, 1.807) is 61.5 Å². The molecule has 0 radical (unpaired) electrons. The zero-order chi connectivity index (χ0) is 37.5. The standard InChI is InChI=1S/C16H14Cl2O4.2C9H8Cl2O3/c1-10(16(19)20-2)21-12-4-6-13(7-5-12)22-15-8-3-11(17)9-14(15)18;2*1-5(9(12)13)14-8-3-2-6(10)4-7(8)11/h3-10H,1-2H3;2*2-5H,1H3,(H,12,13)/t;5-;/m.1./s1. The third-order valence-corrected chi connectivity index (χ3v) is 7.47. The van der Waals surface area contributed by atoms with Crippen LogP contribution in [0.2, 0.25) is 30.1 Å². The predicted octanol–water partition coefficient (Wildman–Crippen LogP) is 10.4. The molecule has 50 heavy (non-hydrogen) atoms. The van der Waals surface area contributed by atoms with E-state index in [1.807, 2.05) is 0 Å². The van der Waals surface area contributed by atoms with Crippen LogP contribution in [0.5, 0.6) is 28.7 Å². The maximum atomic E-state index is 11.3. The summed E-state index contributed by atoms with van der Waals surface area (Å²) in [7, 11) is 1.31. The molecular formula is C34H30Cl6O10. The molecule has 0 aromatic heterocycles. The SMILES string of the molecule is CC(Oc1ccc(Cl)cc1Cl)C(=O)O.COC(=O)C(C)Oc1ccc(Oc2ccc(Cl)cc2Cl)cc1.C[C@@H](Oc1ccc(Cl)cc1Cl)C(=O)O. The van der Waals surface area contributed by atoms with E-state index >= 15 is 0 Å². The second-order valence-electron chi connectivity index (χ2n) is 9.78. The Bertz CT molecular complexity index is 1680. The van der Waals surface area contributed by atoms with Gasteiger partial charge >= 0.3 is 17.9 Å². The first-order valence-corrected chi connectivity index (χ1v) is 16.4. The molecule has 4 aromatic rings. The quantitative estimate of drug-likeness (QED) is 0.141. The number of esters is 1. The first kappa shape index (κ1) is 42.4. The van der Waals surface area contributed by atoms with Crippen molar-refractivity contribution >= 4 is 87.5 Å². The lowest BCUT2D eigenvalue weighted by molar-refractivity contribution is -0.148. The van der Waals surface area contributed by atoms with E-state index in [1.165, 1.54) is 45.2 Å². The molecule has 268 valence electrons. The second-order valence-corrected chi connectivity index (χ2v) is 12.3. The van der Waals surface area contributed by atoms with Crippen molar-refractivity contribution in [3.05, 3.63) is 109 Å². The molecule has 10 nitrogen and oxygen atoms in total. The maximum Gasteiger partial charge on any atom is 0.346 e. The van der Waals surface area contributed by atoms with E-state index in [0.29, 0.717) is 58.9 Å². The summed E-state index contributed by atoms with van der Waals surface area (Å²) in [5, 5.41) is 19.7. The highest BCUT2D eigenvalue weighted by molar-refractivity contribution is 6.36. The van der Waals surface area contributed by atoms with Crippen LogP contribution in [0.3, 0.4) is 0 Å². The lowest BCUT2D eigenvalue weighted by Gasteiger charge is -2.13. The van der Waals surface area contributed by atoms with E-state index in [2.05, 4.69) is 4.74 Å². The number of ether oxygens (including phenoxy) is 5. The molecule has 2 N–H and O–H groups in total. The van der Waals surface area contributed by atoms with Crippen molar-refractivity contribution in [2.75, 3.05) is 7.11 Å². The van der Waals surface area contributed by atoms with Gasteiger partial charge < -0.3 is 33.9 Å². The first-order chi connectivity index (χ1) is 23.5. The molecule has 0 saturated carbocycles. The summed E-state index contributed by atoms with van der Waals surface area (Å²) in [6.07, 6.45) is -2.55. The number of benzene rings is 4. The van der Waals surface area contributed by atoms with Crippen LogP contribution >= 0.6 is 69.6 Å². The number of hydrogen-bond donors (Lipinski definition) is 2. The Morgan fingerprint density at radius 1 is 0.520 bits per heavy atom. The van der Waals surface area contributed by atoms with Crippen molar-refractivity contribution in [1.82, 2.24) is 0 Å². The summed E-state index contributed by atoms with van der Waals surface area (Å²) in [6, 6.07) is 21.0. The number of carbonyl (C=O) groups is 3. The van der Waals surface area contributed by atoms with Gasteiger partial charge in [0.2, 0.25) is 0 Å². The number of methoxy groups -OCH3 is 1. The lowest BCUT2D eigenvalue weighted by atomic mass is 10.3. The Kier molecular flexibility index (Phi) is 17.6. The zero-order valence-corrected chi connectivity index (χ0v) is 31.2. The largest absolute Gasteiger partial charge is 0.479 e. The van der Waals surface area contributed by atoms with Crippen LogP contribution < -0.4 is 18.9 Å². The predicted molar refractivity (Wildman–Crippen MR) is 193 cm³/mol. The van der Waals surface area contributed by atoms with E-state index in [0.717, 1.165) is 0 Å². The Hall–Kier alpha value is -3.77. The fourth-order valence-electron chi connectivity index (χ4n) is 3.31. The van der Waals surface area contributed by atoms with Crippen LogP contribution in [0.4, 0.5) is 0 Å². The Balaban J connectivity index is 0.000000272. The fourth-order valence-corrected chi connectivity index (χ4v) is 4.67. The highest BCUT2D eigenvalue weighted by atomic mass is 35.5. The summed E-state index contributed by atoms with van der Waals surface area (Å²) < 4.78 is 25.8. The summed E-state index contributed by atoms with van der Waals surface area (Å²) in [5.41, 5.74) is 0. The minimum atomic E-state index is -1.05. The number of hydrogen-bond acceptors (Lipinski definition) is 8. The van der Waals surface area contributed by atoms with Gasteiger partial charge in [0, 0.05) is 15.1 Å². The van der Waals surface area contributed by atoms with Crippen molar-refractivity contribution in [3.8, 4) is 28.7 Å². The first-order valence-electron chi connectivity index (χ1n) is 14.2. The minimum Gasteiger partial charge on any atom is -0.479 e. The third kappa shape index (κ3) is 14.6. The fraction of sp³-hybridized carbons (Fsp3) is 0.206. The van der Waals surface area contributed by atoms with Crippen LogP contribution in [0.25, 0.3) is 0 Å². The van der Waals surface area contributed by atoms with Crippen molar-refractivity contribution in [2.24, 2.45) is 0 Å². The third-order valence-electron chi connectivity index (χ3n) is 5.88.